The first-order chi connectivity index (χ1) is 9.23. The number of rotatable bonds is 3. The normalized spacial score (nSPS) is 15.8. The lowest BCUT2D eigenvalue weighted by atomic mass is 9.91. The number of carbonyl (C=O) groups is 1. The van der Waals surface area contributed by atoms with E-state index < -0.39 is 15.0 Å². The number of hydrogen-bond donors (Lipinski definition) is 0. The van der Waals surface area contributed by atoms with Gasteiger partial charge in [0.15, 0.2) is 0 Å². The number of nitrogens with zero attached hydrogens (tertiary/aromatic N) is 1. The van der Waals surface area contributed by atoms with Gasteiger partial charge in [-0.05, 0) is 31.4 Å². The molecule has 8 heteroatoms. The molecule has 1 fully saturated rings. The van der Waals surface area contributed by atoms with Crippen molar-refractivity contribution in [1.82, 2.24) is 4.90 Å². The van der Waals surface area contributed by atoms with Gasteiger partial charge in [0.1, 0.15) is 4.90 Å². The van der Waals surface area contributed by atoms with Gasteiger partial charge in [-0.1, -0.05) is 23.2 Å². The van der Waals surface area contributed by atoms with Crippen molar-refractivity contribution in [3.05, 3.63) is 27.7 Å². The largest absolute Gasteiger partial charge is 0.339 e. The highest BCUT2D eigenvalue weighted by molar-refractivity contribution is 8.13. The maximum absolute atomic E-state index is 12.4. The number of carbonyl (C=O) groups excluding carboxylic acids is 1. The van der Waals surface area contributed by atoms with Gasteiger partial charge in [0.05, 0.1) is 15.6 Å². The van der Waals surface area contributed by atoms with Crippen molar-refractivity contribution in [2.45, 2.75) is 30.2 Å². The highest BCUT2D eigenvalue weighted by Gasteiger charge is 2.30. The zero-order valence-corrected chi connectivity index (χ0v) is 13.7. The van der Waals surface area contributed by atoms with Gasteiger partial charge in [-0.2, -0.15) is 0 Å². The summed E-state index contributed by atoms with van der Waals surface area (Å²) in [5.74, 6) is -0.396. The monoisotopic (exact) mass is 355 g/mol. The van der Waals surface area contributed by atoms with Crippen LogP contribution in [0.1, 0.15) is 29.6 Å². The highest BCUT2D eigenvalue weighted by atomic mass is 35.7. The van der Waals surface area contributed by atoms with Gasteiger partial charge in [-0.15, -0.1) is 0 Å². The first-order valence-corrected chi connectivity index (χ1v) is 9.00. The van der Waals surface area contributed by atoms with E-state index in [4.69, 9.17) is 33.9 Å². The number of amides is 1. The maximum atomic E-state index is 12.4. The summed E-state index contributed by atoms with van der Waals surface area (Å²) >= 11 is 12.0. The zero-order valence-electron chi connectivity index (χ0n) is 10.6. The summed E-state index contributed by atoms with van der Waals surface area (Å²) in [6, 6.07) is 2.64. The van der Waals surface area contributed by atoms with Crippen molar-refractivity contribution in [2.75, 3.05) is 7.05 Å². The van der Waals surface area contributed by atoms with Crippen molar-refractivity contribution in [3.8, 4) is 0 Å². The van der Waals surface area contributed by atoms with Crippen LogP contribution in [0.2, 0.25) is 10.0 Å². The van der Waals surface area contributed by atoms with Crippen LogP contribution in [0.5, 0.6) is 0 Å². The van der Waals surface area contributed by atoms with E-state index >= 15 is 0 Å². The average Bonchev–Trinajstić information content (AvgIpc) is 2.24. The van der Waals surface area contributed by atoms with Crippen molar-refractivity contribution in [2.24, 2.45) is 0 Å². The van der Waals surface area contributed by atoms with Crippen LogP contribution >= 0.6 is 33.9 Å². The summed E-state index contributed by atoms with van der Waals surface area (Å²) in [6.07, 6.45) is 2.91. The van der Waals surface area contributed by atoms with Gasteiger partial charge in [-0.3, -0.25) is 4.79 Å². The summed E-state index contributed by atoms with van der Waals surface area (Å²) in [4.78, 5) is 13.7. The van der Waals surface area contributed by atoms with Gasteiger partial charge in [0.2, 0.25) is 0 Å². The van der Waals surface area contributed by atoms with Crippen molar-refractivity contribution < 1.29 is 13.2 Å². The lowest BCUT2D eigenvalue weighted by Crippen LogP contribution is -2.41. The molecule has 0 N–H and O–H groups in total. The van der Waals surface area contributed by atoms with Gasteiger partial charge in [0.25, 0.3) is 15.0 Å². The predicted molar refractivity (Wildman–Crippen MR) is 79.2 cm³/mol. The lowest BCUT2D eigenvalue weighted by molar-refractivity contribution is 0.0652. The molecule has 0 aromatic heterocycles. The molecule has 1 aliphatic rings. The molecule has 0 bridgehead atoms. The highest BCUT2D eigenvalue weighted by Crippen LogP contribution is 2.35. The number of halogens is 3. The van der Waals surface area contributed by atoms with E-state index in [-0.39, 0.29) is 26.5 Å². The minimum atomic E-state index is -4.03. The maximum Gasteiger partial charge on any atom is 0.262 e. The van der Waals surface area contributed by atoms with Gasteiger partial charge in [-0.25, -0.2) is 8.42 Å². The average molecular weight is 357 g/mol. The van der Waals surface area contributed by atoms with Crippen molar-refractivity contribution >= 4 is 48.8 Å². The van der Waals surface area contributed by atoms with Crippen molar-refractivity contribution in [1.29, 1.82) is 0 Å². The van der Waals surface area contributed by atoms with Crippen molar-refractivity contribution in [3.63, 3.8) is 0 Å². The minimum Gasteiger partial charge on any atom is -0.339 e. The Labute approximate surface area is 132 Å². The summed E-state index contributed by atoms with van der Waals surface area (Å²) < 4.78 is 22.8. The molecule has 0 unspecified atom stereocenters. The fourth-order valence-corrected chi connectivity index (χ4v) is 3.92. The molecule has 0 radical (unpaired) electrons. The Kier molecular flexibility index (Phi) is 4.54. The number of hydrogen-bond acceptors (Lipinski definition) is 3. The molecule has 1 aromatic carbocycles. The van der Waals surface area contributed by atoms with Crippen LogP contribution in [0.4, 0.5) is 0 Å². The fraction of sp³-hybridized carbons (Fsp3) is 0.417. The molecule has 20 heavy (non-hydrogen) atoms. The third kappa shape index (κ3) is 2.91. The minimum absolute atomic E-state index is 0.0236. The Hall–Kier alpha value is -0.490. The Balaban J connectivity index is 2.47. The van der Waals surface area contributed by atoms with E-state index in [9.17, 15) is 13.2 Å². The summed E-state index contributed by atoms with van der Waals surface area (Å²) in [6.45, 7) is 0. The van der Waals surface area contributed by atoms with Gasteiger partial charge < -0.3 is 4.90 Å². The standard InChI is InChI=1S/C12H12Cl3NO3S/c1-16(7-3-2-4-7)12(17)10-8(13)5-6-9(11(10)14)20(15,18)19/h5-7H,2-4H2,1H3. The quantitative estimate of drug-likeness (QED) is 0.778. The molecule has 110 valence electrons. The molecule has 1 aromatic rings. The molecule has 0 heterocycles. The molecular weight excluding hydrogens is 345 g/mol. The summed E-state index contributed by atoms with van der Waals surface area (Å²) in [5, 5.41) is -0.126. The van der Waals surface area contributed by atoms with Crippen LogP contribution in [-0.2, 0) is 9.05 Å². The smallest absolute Gasteiger partial charge is 0.262 e. The second-order valence-electron chi connectivity index (χ2n) is 4.67. The van der Waals surface area contributed by atoms with Gasteiger partial charge >= 0.3 is 0 Å². The molecule has 0 spiro atoms. The predicted octanol–water partition coefficient (Wildman–Crippen LogP) is 3.55. The Bertz CT molecular complexity index is 656. The lowest BCUT2D eigenvalue weighted by Gasteiger charge is -2.35. The molecule has 1 aliphatic carbocycles. The zero-order chi connectivity index (χ0) is 15.1. The molecule has 4 nitrogen and oxygen atoms in total. The van der Waals surface area contributed by atoms with Crippen LogP contribution in [0.3, 0.4) is 0 Å². The first-order valence-electron chi connectivity index (χ1n) is 5.93. The molecule has 0 aliphatic heterocycles. The van der Waals surface area contributed by atoms with Crippen LogP contribution < -0.4 is 0 Å². The Morgan fingerprint density at radius 3 is 2.35 bits per heavy atom. The Morgan fingerprint density at radius 2 is 1.90 bits per heavy atom. The molecular formula is C12H12Cl3NO3S. The summed E-state index contributed by atoms with van der Waals surface area (Å²) in [5.41, 5.74) is -0.0236. The summed E-state index contributed by atoms with van der Waals surface area (Å²) in [7, 11) is 2.91. The molecule has 2 rings (SSSR count). The van der Waals surface area contributed by atoms with Gasteiger partial charge in [0, 0.05) is 23.8 Å². The molecule has 0 atom stereocenters. The first kappa shape index (κ1) is 15.9. The SMILES string of the molecule is CN(C(=O)c1c(Cl)ccc(S(=O)(=O)Cl)c1Cl)C1CCC1. The Morgan fingerprint density at radius 1 is 1.30 bits per heavy atom. The van der Waals surface area contributed by atoms with E-state index in [1.807, 2.05) is 0 Å². The van der Waals surface area contributed by atoms with E-state index in [0.29, 0.717) is 0 Å². The topological polar surface area (TPSA) is 54.5 Å². The fourth-order valence-electron chi connectivity index (χ4n) is 2.03. The van der Waals surface area contributed by atoms with Crippen LogP contribution in [0.15, 0.2) is 17.0 Å². The van der Waals surface area contributed by atoms with Crippen LogP contribution in [-0.4, -0.2) is 32.3 Å². The third-order valence-electron chi connectivity index (χ3n) is 3.47. The van der Waals surface area contributed by atoms with E-state index in [1.165, 1.54) is 12.1 Å². The molecule has 1 saturated carbocycles. The van der Waals surface area contributed by atoms with E-state index in [1.54, 1.807) is 11.9 Å². The van der Waals surface area contributed by atoms with E-state index in [0.717, 1.165) is 19.3 Å². The molecule has 1 amide bonds. The second-order valence-corrected chi connectivity index (χ2v) is 7.99. The van der Waals surface area contributed by atoms with Crippen LogP contribution in [0.25, 0.3) is 0 Å². The van der Waals surface area contributed by atoms with E-state index in [2.05, 4.69) is 0 Å². The van der Waals surface area contributed by atoms with Crippen LogP contribution in [0, 0.1) is 0 Å². The number of benzene rings is 1. The molecule has 0 saturated heterocycles. The second kappa shape index (κ2) is 5.72. The third-order valence-corrected chi connectivity index (χ3v) is 5.66.